The van der Waals surface area contributed by atoms with Gasteiger partial charge in [0.2, 0.25) is 0 Å². The summed E-state index contributed by atoms with van der Waals surface area (Å²) in [5, 5.41) is 0. The fraction of sp³-hybridized carbons (Fsp3) is 0.167. The van der Waals surface area contributed by atoms with Crippen LogP contribution in [0, 0.1) is 12.3 Å². The van der Waals surface area contributed by atoms with Gasteiger partial charge in [0, 0.05) is 0 Å². The summed E-state index contributed by atoms with van der Waals surface area (Å²) < 4.78 is 22.5. The number of sulfone groups is 1. The van der Waals surface area contributed by atoms with Gasteiger partial charge in [0.15, 0.2) is 9.84 Å². The van der Waals surface area contributed by atoms with Gasteiger partial charge < -0.3 is 0 Å². The summed E-state index contributed by atoms with van der Waals surface area (Å²) in [7, 11) is -3.12. The number of rotatable bonds is 4. The summed E-state index contributed by atoms with van der Waals surface area (Å²) in [4.78, 5) is 0. The molecule has 0 aliphatic rings. The third-order valence-electron chi connectivity index (χ3n) is 1.76. The van der Waals surface area contributed by atoms with Crippen molar-refractivity contribution in [2.24, 2.45) is 0 Å². The zero-order valence-electron chi connectivity index (χ0n) is 8.26. The van der Waals surface area contributed by atoms with Crippen molar-refractivity contribution >= 4 is 15.9 Å². The molecule has 0 spiro atoms. The molecule has 0 bridgehead atoms. The molecule has 3 heteroatoms. The van der Waals surface area contributed by atoms with Crippen LogP contribution in [0.25, 0.3) is 6.08 Å². The van der Waals surface area contributed by atoms with Gasteiger partial charge in [0.25, 0.3) is 0 Å². The summed E-state index contributed by atoms with van der Waals surface area (Å²) in [6, 6.07) is 9.52. The van der Waals surface area contributed by atoms with Gasteiger partial charge in [-0.2, -0.15) is 0 Å². The molecule has 0 heterocycles. The molecule has 0 radical (unpaired) electrons. The van der Waals surface area contributed by atoms with Crippen LogP contribution >= 0.6 is 0 Å². The number of terminal acetylenes is 1. The van der Waals surface area contributed by atoms with E-state index in [4.69, 9.17) is 6.42 Å². The van der Waals surface area contributed by atoms with Gasteiger partial charge in [-0.25, -0.2) is 8.42 Å². The maximum Gasteiger partial charge on any atom is 0.165 e. The molecule has 0 aromatic heterocycles. The Kier molecular flexibility index (Phi) is 4.14. The van der Waals surface area contributed by atoms with Gasteiger partial charge in [-0.15, -0.1) is 6.42 Å². The van der Waals surface area contributed by atoms with Gasteiger partial charge in [-0.05, 0) is 5.56 Å². The predicted molar refractivity (Wildman–Crippen MR) is 63.0 cm³/mol. The van der Waals surface area contributed by atoms with Gasteiger partial charge in [-0.1, -0.05) is 48.4 Å². The van der Waals surface area contributed by atoms with Crippen LogP contribution in [0.5, 0.6) is 0 Å². The van der Waals surface area contributed by atoms with E-state index in [0.29, 0.717) is 0 Å². The summed E-state index contributed by atoms with van der Waals surface area (Å²) in [6.45, 7) is 0. The first-order chi connectivity index (χ1) is 7.14. The molecule has 0 aliphatic carbocycles. The number of benzene rings is 1. The monoisotopic (exact) mass is 220 g/mol. The molecule has 0 fully saturated rings. The van der Waals surface area contributed by atoms with Crippen molar-refractivity contribution in [3.8, 4) is 12.3 Å². The molecule has 0 saturated carbocycles. The Bertz CT molecular complexity index is 464. The van der Waals surface area contributed by atoms with Crippen LogP contribution in [0.1, 0.15) is 5.56 Å². The van der Waals surface area contributed by atoms with Gasteiger partial charge in [-0.3, -0.25) is 0 Å². The van der Waals surface area contributed by atoms with Gasteiger partial charge in [0.05, 0.1) is 5.75 Å². The standard InChI is InChI=1S/C12H12O2S/c1-2-10-15(13,14)11-6-9-12-7-4-3-5-8-12/h1,3-9H,10-11H2/b9-6+. The average molecular weight is 220 g/mol. The fourth-order valence-electron chi connectivity index (χ4n) is 1.08. The second-order valence-corrected chi connectivity index (χ2v) is 5.18. The van der Waals surface area contributed by atoms with Crippen molar-refractivity contribution in [3.05, 3.63) is 42.0 Å². The normalized spacial score (nSPS) is 11.4. The van der Waals surface area contributed by atoms with Crippen molar-refractivity contribution in [2.45, 2.75) is 0 Å². The van der Waals surface area contributed by atoms with E-state index in [1.807, 2.05) is 30.3 Å². The zero-order valence-corrected chi connectivity index (χ0v) is 9.07. The first-order valence-corrected chi connectivity index (χ1v) is 6.32. The molecule has 0 saturated heterocycles. The van der Waals surface area contributed by atoms with Crippen molar-refractivity contribution in [1.29, 1.82) is 0 Å². The first-order valence-electron chi connectivity index (χ1n) is 4.49. The molecule has 1 rings (SSSR count). The molecular weight excluding hydrogens is 208 g/mol. The summed E-state index contributed by atoms with van der Waals surface area (Å²) in [5.41, 5.74) is 0.980. The van der Waals surface area contributed by atoms with Crippen LogP contribution in [0.15, 0.2) is 36.4 Å². The molecule has 0 unspecified atom stereocenters. The second-order valence-electron chi connectivity index (χ2n) is 3.07. The highest BCUT2D eigenvalue weighted by atomic mass is 32.2. The minimum absolute atomic E-state index is 0.00784. The number of hydrogen-bond acceptors (Lipinski definition) is 2. The summed E-state index contributed by atoms with van der Waals surface area (Å²) >= 11 is 0. The second kappa shape index (κ2) is 5.38. The van der Waals surface area contributed by atoms with E-state index in [0.717, 1.165) is 5.56 Å². The Balaban J connectivity index is 2.59. The highest BCUT2D eigenvalue weighted by molar-refractivity contribution is 7.91. The molecule has 15 heavy (non-hydrogen) atoms. The molecule has 0 N–H and O–H groups in total. The molecule has 2 nitrogen and oxygen atoms in total. The van der Waals surface area contributed by atoms with Crippen LogP contribution in [-0.4, -0.2) is 19.9 Å². The highest BCUT2D eigenvalue weighted by Gasteiger charge is 2.04. The maximum atomic E-state index is 11.2. The third kappa shape index (κ3) is 4.48. The topological polar surface area (TPSA) is 34.1 Å². The fourth-order valence-corrected chi connectivity index (χ4v) is 1.84. The largest absolute Gasteiger partial charge is 0.228 e. The van der Waals surface area contributed by atoms with Gasteiger partial charge in [0.1, 0.15) is 5.75 Å². The minimum atomic E-state index is -3.12. The lowest BCUT2D eigenvalue weighted by molar-refractivity contribution is 0.602. The molecule has 0 aliphatic heterocycles. The maximum absolute atomic E-state index is 11.2. The van der Waals surface area contributed by atoms with Crippen molar-refractivity contribution in [1.82, 2.24) is 0 Å². The van der Waals surface area contributed by atoms with Crippen LogP contribution in [-0.2, 0) is 9.84 Å². The van der Waals surface area contributed by atoms with E-state index in [1.54, 1.807) is 12.2 Å². The predicted octanol–water partition coefficient (Wildman–Crippen LogP) is 1.75. The van der Waals surface area contributed by atoms with Crippen LogP contribution in [0.3, 0.4) is 0 Å². The van der Waals surface area contributed by atoms with Crippen LogP contribution < -0.4 is 0 Å². The molecular formula is C12H12O2S. The minimum Gasteiger partial charge on any atom is -0.228 e. The quantitative estimate of drug-likeness (QED) is 0.724. The highest BCUT2D eigenvalue weighted by Crippen LogP contribution is 2.01. The average Bonchev–Trinajstić information content (AvgIpc) is 2.19. The Morgan fingerprint density at radius 1 is 1.27 bits per heavy atom. The lowest BCUT2D eigenvalue weighted by Gasteiger charge is -1.94. The third-order valence-corrected chi connectivity index (χ3v) is 3.07. The summed E-state index contributed by atoms with van der Waals surface area (Å²) in [6.07, 6.45) is 8.33. The van der Waals surface area contributed by atoms with E-state index in [1.165, 1.54) is 0 Å². The molecule has 0 amide bonds. The zero-order chi connectivity index (χ0) is 11.1. The Morgan fingerprint density at radius 2 is 1.93 bits per heavy atom. The SMILES string of the molecule is C#CCS(=O)(=O)C/C=C/c1ccccc1. The smallest absolute Gasteiger partial charge is 0.165 e. The van der Waals surface area contributed by atoms with Crippen LogP contribution in [0.2, 0.25) is 0 Å². The Morgan fingerprint density at radius 3 is 2.53 bits per heavy atom. The van der Waals surface area contributed by atoms with Crippen molar-refractivity contribution in [2.75, 3.05) is 11.5 Å². The van der Waals surface area contributed by atoms with Crippen LogP contribution in [0.4, 0.5) is 0 Å². The van der Waals surface area contributed by atoms with Crippen molar-refractivity contribution in [3.63, 3.8) is 0 Å². The first kappa shape index (κ1) is 11.5. The van der Waals surface area contributed by atoms with Gasteiger partial charge >= 0.3 is 0 Å². The van der Waals surface area contributed by atoms with E-state index in [9.17, 15) is 8.42 Å². The Hall–Kier alpha value is -1.53. The Labute approximate surface area is 90.6 Å². The molecule has 1 aromatic carbocycles. The lowest BCUT2D eigenvalue weighted by Crippen LogP contribution is -2.07. The van der Waals surface area contributed by atoms with E-state index in [-0.39, 0.29) is 11.5 Å². The molecule has 0 atom stereocenters. The molecule has 78 valence electrons. The van der Waals surface area contributed by atoms with E-state index >= 15 is 0 Å². The number of hydrogen-bond donors (Lipinski definition) is 0. The summed E-state index contributed by atoms with van der Waals surface area (Å²) in [5.74, 6) is 1.92. The van der Waals surface area contributed by atoms with E-state index in [2.05, 4.69) is 5.92 Å². The van der Waals surface area contributed by atoms with E-state index < -0.39 is 9.84 Å². The lowest BCUT2D eigenvalue weighted by atomic mass is 10.2. The molecule has 1 aromatic rings. The van der Waals surface area contributed by atoms with Crippen molar-refractivity contribution < 1.29 is 8.42 Å².